The number of hydrogen-bond donors (Lipinski definition) is 1. The molecule has 0 bridgehead atoms. The van der Waals surface area contributed by atoms with Crippen LogP contribution in [0.2, 0.25) is 0 Å². The Kier molecular flexibility index (Phi) is 7.61. The van der Waals surface area contributed by atoms with E-state index >= 15 is 0 Å². The highest BCUT2D eigenvalue weighted by molar-refractivity contribution is 6.00. The van der Waals surface area contributed by atoms with Gasteiger partial charge in [0.25, 0.3) is 0 Å². The van der Waals surface area contributed by atoms with Crippen molar-refractivity contribution in [2.75, 3.05) is 27.4 Å². The third kappa shape index (κ3) is 5.48. The van der Waals surface area contributed by atoms with Crippen LogP contribution in [0.1, 0.15) is 40.3 Å². The van der Waals surface area contributed by atoms with Crippen LogP contribution in [0.3, 0.4) is 0 Å². The summed E-state index contributed by atoms with van der Waals surface area (Å²) in [5.74, 6) is -0.585. The molecule has 0 saturated heterocycles. The Morgan fingerprint density at radius 1 is 1.21 bits per heavy atom. The zero-order valence-corrected chi connectivity index (χ0v) is 17.4. The molecular formula is C22H27NO6. The van der Waals surface area contributed by atoms with Gasteiger partial charge in [0.05, 0.1) is 19.8 Å². The number of esters is 1. The number of aryl methyl sites for hydroxylation is 1. The van der Waals surface area contributed by atoms with Gasteiger partial charge in [0.15, 0.2) is 18.1 Å². The molecule has 156 valence electrons. The summed E-state index contributed by atoms with van der Waals surface area (Å²) in [6.07, 6.45) is 2.75. The third-order valence-corrected chi connectivity index (χ3v) is 4.59. The molecule has 1 atom stereocenters. The molecule has 0 fully saturated rings. The molecule has 7 heteroatoms. The Hall–Kier alpha value is -3.06. The van der Waals surface area contributed by atoms with Gasteiger partial charge >= 0.3 is 5.97 Å². The number of ether oxygens (including phenoxy) is 3. The van der Waals surface area contributed by atoms with Crippen LogP contribution in [-0.4, -0.2) is 48.9 Å². The second-order valence-electron chi connectivity index (χ2n) is 6.75. The number of carbonyl (C=O) groups is 2. The molecule has 0 radical (unpaired) electrons. The molecule has 0 aliphatic carbocycles. The zero-order valence-electron chi connectivity index (χ0n) is 17.4. The fraction of sp³-hybridized carbons (Fsp3) is 0.364. The Morgan fingerprint density at radius 2 is 1.93 bits per heavy atom. The summed E-state index contributed by atoms with van der Waals surface area (Å²) in [5, 5.41) is 9.59. The lowest BCUT2D eigenvalue weighted by atomic mass is 10.1. The summed E-state index contributed by atoms with van der Waals surface area (Å²) < 4.78 is 17.3. The van der Waals surface area contributed by atoms with Crippen molar-refractivity contribution >= 4 is 17.8 Å². The summed E-state index contributed by atoms with van der Waals surface area (Å²) in [6.45, 7) is 6.00. The van der Waals surface area contributed by atoms with Crippen LogP contribution >= 0.6 is 0 Å². The van der Waals surface area contributed by atoms with Gasteiger partial charge in [0.2, 0.25) is 5.78 Å². The van der Waals surface area contributed by atoms with E-state index in [1.165, 1.54) is 25.3 Å². The minimum Gasteiger partial charge on any atom is -0.504 e. The molecule has 0 amide bonds. The zero-order chi connectivity index (χ0) is 21.6. The number of methoxy groups -OCH3 is 2. The predicted octanol–water partition coefficient (Wildman–Crippen LogP) is 3.47. The first-order valence-electron chi connectivity index (χ1n) is 9.20. The summed E-state index contributed by atoms with van der Waals surface area (Å²) >= 11 is 0. The van der Waals surface area contributed by atoms with Crippen LogP contribution in [0.4, 0.5) is 0 Å². The van der Waals surface area contributed by atoms with E-state index in [9.17, 15) is 14.7 Å². The van der Waals surface area contributed by atoms with Crippen molar-refractivity contribution in [3.8, 4) is 11.5 Å². The minimum absolute atomic E-state index is 0.00948. The Bertz CT molecular complexity index is 912. The van der Waals surface area contributed by atoms with Gasteiger partial charge in [-0.25, -0.2) is 4.79 Å². The van der Waals surface area contributed by atoms with E-state index in [1.807, 2.05) is 25.3 Å². The monoisotopic (exact) mass is 401 g/mol. The van der Waals surface area contributed by atoms with Crippen molar-refractivity contribution < 1.29 is 28.9 Å². The van der Waals surface area contributed by atoms with Crippen molar-refractivity contribution in [2.24, 2.45) is 0 Å². The number of hydrogen-bond acceptors (Lipinski definition) is 6. The molecule has 0 saturated carbocycles. The molecule has 0 spiro atoms. The second-order valence-corrected chi connectivity index (χ2v) is 6.75. The standard InChI is InChI=1S/C22H27NO6/c1-14-10-18(16(3)23(14)15(2)12-27-4)20(25)13-29-22(26)9-7-17-6-8-19(24)21(11-17)28-5/h6-11,15,24H,12-13H2,1-5H3/b9-7+/t15-/m0/s1. The summed E-state index contributed by atoms with van der Waals surface area (Å²) in [5.41, 5.74) is 2.95. The molecule has 2 rings (SSSR count). The number of benzene rings is 1. The number of ketones is 1. The first-order chi connectivity index (χ1) is 13.8. The maximum atomic E-state index is 12.5. The van der Waals surface area contributed by atoms with E-state index in [0.717, 1.165) is 11.4 Å². The number of aromatic nitrogens is 1. The molecule has 1 aromatic heterocycles. The number of Topliss-reactive ketones (excluding diaryl/α,β-unsaturated/α-hetero) is 1. The number of phenolic OH excluding ortho intramolecular Hbond substituents is 1. The number of nitrogens with zero attached hydrogens (tertiary/aromatic N) is 1. The van der Waals surface area contributed by atoms with Crippen LogP contribution in [0.5, 0.6) is 11.5 Å². The van der Waals surface area contributed by atoms with Crippen molar-refractivity contribution in [2.45, 2.75) is 26.8 Å². The fourth-order valence-electron chi connectivity index (χ4n) is 3.28. The van der Waals surface area contributed by atoms with Crippen LogP contribution in [0.15, 0.2) is 30.3 Å². The number of aromatic hydroxyl groups is 1. The van der Waals surface area contributed by atoms with Gasteiger partial charge in [0.1, 0.15) is 0 Å². The van der Waals surface area contributed by atoms with Crippen LogP contribution < -0.4 is 4.74 Å². The molecule has 2 aromatic rings. The molecule has 1 heterocycles. The van der Waals surface area contributed by atoms with Gasteiger partial charge in [-0.1, -0.05) is 6.07 Å². The topological polar surface area (TPSA) is 87.0 Å². The van der Waals surface area contributed by atoms with Crippen molar-refractivity contribution in [3.63, 3.8) is 0 Å². The normalized spacial score (nSPS) is 12.2. The Morgan fingerprint density at radius 3 is 2.59 bits per heavy atom. The largest absolute Gasteiger partial charge is 0.504 e. The fourth-order valence-corrected chi connectivity index (χ4v) is 3.28. The molecule has 0 aliphatic rings. The molecule has 0 unspecified atom stereocenters. The number of phenols is 1. The maximum absolute atomic E-state index is 12.5. The second kappa shape index (κ2) is 9.93. The van der Waals surface area contributed by atoms with Gasteiger partial charge < -0.3 is 23.9 Å². The van der Waals surface area contributed by atoms with E-state index in [1.54, 1.807) is 25.3 Å². The van der Waals surface area contributed by atoms with Gasteiger partial charge in [-0.2, -0.15) is 0 Å². The molecule has 29 heavy (non-hydrogen) atoms. The highest BCUT2D eigenvalue weighted by atomic mass is 16.5. The third-order valence-electron chi connectivity index (χ3n) is 4.59. The van der Waals surface area contributed by atoms with Crippen molar-refractivity contribution in [1.29, 1.82) is 0 Å². The van der Waals surface area contributed by atoms with Crippen molar-refractivity contribution in [1.82, 2.24) is 4.57 Å². The van der Waals surface area contributed by atoms with Crippen molar-refractivity contribution in [3.05, 3.63) is 52.9 Å². The highest BCUT2D eigenvalue weighted by Gasteiger charge is 2.19. The summed E-state index contributed by atoms with van der Waals surface area (Å²) in [7, 11) is 3.08. The lowest BCUT2D eigenvalue weighted by molar-refractivity contribution is -0.136. The molecule has 1 aromatic carbocycles. The maximum Gasteiger partial charge on any atom is 0.331 e. The first kappa shape index (κ1) is 22.2. The van der Waals surface area contributed by atoms with Crippen LogP contribution in [0.25, 0.3) is 6.08 Å². The van der Waals surface area contributed by atoms with Gasteiger partial charge in [0, 0.05) is 30.1 Å². The lowest BCUT2D eigenvalue weighted by Crippen LogP contribution is -2.16. The lowest BCUT2D eigenvalue weighted by Gasteiger charge is -2.17. The molecule has 7 nitrogen and oxygen atoms in total. The van der Waals surface area contributed by atoms with Gasteiger partial charge in [-0.05, 0) is 50.6 Å². The first-order valence-corrected chi connectivity index (χ1v) is 9.20. The highest BCUT2D eigenvalue weighted by Crippen LogP contribution is 2.26. The molecule has 0 aliphatic heterocycles. The summed E-state index contributed by atoms with van der Waals surface area (Å²) in [6, 6.07) is 6.57. The van der Waals surface area contributed by atoms with E-state index in [2.05, 4.69) is 0 Å². The van der Waals surface area contributed by atoms with E-state index < -0.39 is 5.97 Å². The number of carbonyl (C=O) groups excluding carboxylic acids is 2. The predicted molar refractivity (Wildman–Crippen MR) is 109 cm³/mol. The Balaban J connectivity index is 2.00. The quantitative estimate of drug-likeness (QED) is 0.393. The molecule has 1 N–H and O–H groups in total. The van der Waals surface area contributed by atoms with Crippen LogP contribution in [0, 0.1) is 13.8 Å². The smallest absolute Gasteiger partial charge is 0.331 e. The minimum atomic E-state index is -0.632. The molecular weight excluding hydrogens is 374 g/mol. The van der Waals surface area contributed by atoms with Crippen LogP contribution in [-0.2, 0) is 14.3 Å². The van der Waals surface area contributed by atoms with E-state index in [0.29, 0.717) is 23.5 Å². The average Bonchev–Trinajstić information content (AvgIpc) is 2.99. The van der Waals surface area contributed by atoms with Gasteiger partial charge in [-0.15, -0.1) is 0 Å². The number of rotatable bonds is 9. The summed E-state index contributed by atoms with van der Waals surface area (Å²) in [4.78, 5) is 24.5. The van der Waals surface area contributed by atoms with E-state index in [4.69, 9.17) is 14.2 Å². The SMILES string of the molecule is COC[C@H](C)n1c(C)cc(C(=O)COC(=O)/C=C/c2ccc(O)c(OC)c2)c1C. The van der Waals surface area contributed by atoms with E-state index in [-0.39, 0.29) is 24.2 Å². The Labute approximate surface area is 170 Å². The average molecular weight is 401 g/mol. The van der Waals surface area contributed by atoms with Gasteiger partial charge in [-0.3, -0.25) is 4.79 Å².